The van der Waals surface area contributed by atoms with Crippen LogP contribution in [0.3, 0.4) is 0 Å². The standard InChI is InChI=1S/C12H9BN2O3S/c16-12-7-3-1-2-4-8(7)14-11(15-12)9-5-6-10(19-9)13(17)18/h1-6,17-18H,(H,14,15,16). The Kier molecular flexibility index (Phi) is 2.94. The van der Waals surface area contributed by atoms with E-state index in [1.54, 1.807) is 30.3 Å². The van der Waals surface area contributed by atoms with Gasteiger partial charge in [-0.1, -0.05) is 18.2 Å². The van der Waals surface area contributed by atoms with Crippen molar-refractivity contribution < 1.29 is 10.0 Å². The lowest BCUT2D eigenvalue weighted by Gasteiger charge is -2.00. The summed E-state index contributed by atoms with van der Waals surface area (Å²) in [6.07, 6.45) is 0. The number of fused-ring (bicyclic) bond motifs is 1. The molecule has 19 heavy (non-hydrogen) atoms. The van der Waals surface area contributed by atoms with Crippen LogP contribution in [0.15, 0.2) is 41.2 Å². The molecule has 2 heterocycles. The van der Waals surface area contributed by atoms with Crippen molar-refractivity contribution in [2.24, 2.45) is 0 Å². The molecule has 0 aliphatic carbocycles. The SMILES string of the molecule is O=c1[nH]c(-c2ccc(B(O)O)s2)nc2ccccc12. The van der Waals surface area contributed by atoms with E-state index in [0.717, 1.165) is 0 Å². The first-order chi connectivity index (χ1) is 9.15. The number of aromatic amines is 1. The Morgan fingerprint density at radius 1 is 1.16 bits per heavy atom. The van der Waals surface area contributed by atoms with Gasteiger partial charge < -0.3 is 15.0 Å². The number of thiophene rings is 1. The first-order valence-corrected chi connectivity index (χ1v) is 6.42. The van der Waals surface area contributed by atoms with Crippen LogP contribution in [-0.4, -0.2) is 27.1 Å². The van der Waals surface area contributed by atoms with Gasteiger partial charge in [-0.25, -0.2) is 4.98 Å². The Bertz CT molecular complexity index is 797. The van der Waals surface area contributed by atoms with E-state index in [9.17, 15) is 4.79 Å². The number of nitrogens with one attached hydrogen (secondary N) is 1. The molecule has 0 radical (unpaired) electrons. The van der Waals surface area contributed by atoms with Gasteiger partial charge in [-0.05, 0) is 18.2 Å². The molecule has 0 aliphatic heterocycles. The van der Waals surface area contributed by atoms with Crippen LogP contribution in [0.1, 0.15) is 0 Å². The summed E-state index contributed by atoms with van der Waals surface area (Å²) in [5.41, 5.74) is 0.404. The molecule has 2 aromatic heterocycles. The molecular weight excluding hydrogens is 263 g/mol. The first kappa shape index (κ1) is 12.1. The molecule has 0 fully saturated rings. The van der Waals surface area contributed by atoms with E-state index < -0.39 is 7.12 Å². The minimum absolute atomic E-state index is 0.208. The fourth-order valence-electron chi connectivity index (χ4n) is 1.82. The highest BCUT2D eigenvalue weighted by Gasteiger charge is 2.15. The van der Waals surface area contributed by atoms with Crippen LogP contribution in [0.4, 0.5) is 0 Å². The van der Waals surface area contributed by atoms with Crippen molar-refractivity contribution in [1.29, 1.82) is 0 Å². The molecule has 0 atom stereocenters. The van der Waals surface area contributed by atoms with Crippen LogP contribution in [-0.2, 0) is 0 Å². The first-order valence-electron chi connectivity index (χ1n) is 5.60. The molecule has 5 nitrogen and oxygen atoms in total. The fraction of sp³-hybridized carbons (Fsp3) is 0. The zero-order valence-electron chi connectivity index (χ0n) is 9.70. The molecule has 0 aliphatic rings. The molecule has 94 valence electrons. The lowest BCUT2D eigenvalue weighted by molar-refractivity contribution is 0.427. The van der Waals surface area contributed by atoms with Gasteiger partial charge in [0.1, 0.15) is 0 Å². The highest BCUT2D eigenvalue weighted by Crippen LogP contribution is 2.20. The maximum Gasteiger partial charge on any atom is 0.499 e. The van der Waals surface area contributed by atoms with Crippen LogP contribution in [0.25, 0.3) is 21.6 Å². The number of hydrogen-bond donors (Lipinski definition) is 3. The average molecular weight is 272 g/mol. The van der Waals surface area contributed by atoms with Gasteiger partial charge in [0.2, 0.25) is 0 Å². The monoisotopic (exact) mass is 272 g/mol. The summed E-state index contributed by atoms with van der Waals surface area (Å²) in [7, 11) is -1.51. The third-order valence-electron chi connectivity index (χ3n) is 2.73. The molecule has 7 heteroatoms. The molecule has 0 saturated carbocycles. The molecule has 0 amide bonds. The van der Waals surface area contributed by atoms with Gasteiger partial charge in [-0.3, -0.25) is 4.79 Å². The molecule has 0 spiro atoms. The van der Waals surface area contributed by atoms with Gasteiger partial charge in [-0.2, -0.15) is 0 Å². The zero-order valence-corrected chi connectivity index (χ0v) is 10.5. The Morgan fingerprint density at radius 3 is 2.68 bits per heavy atom. The number of H-pyrrole nitrogens is 1. The van der Waals surface area contributed by atoms with Crippen LogP contribution in [0, 0.1) is 0 Å². The molecule has 0 saturated heterocycles. The predicted octanol–water partition coefficient (Wildman–Crippen LogP) is 0.331. The second-order valence-electron chi connectivity index (χ2n) is 4.01. The third-order valence-corrected chi connectivity index (χ3v) is 3.86. The Labute approximate surface area is 112 Å². The number of para-hydroxylation sites is 1. The largest absolute Gasteiger partial charge is 0.499 e. The summed E-state index contributed by atoms with van der Waals surface area (Å²) in [6.45, 7) is 0. The number of hydrogen-bond acceptors (Lipinski definition) is 5. The lowest BCUT2D eigenvalue weighted by Crippen LogP contribution is -2.26. The summed E-state index contributed by atoms with van der Waals surface area (Å²) in [4.78, 5) is 19.7. The van der Waals surface area contributed by atoms with E-state index in [0.29, 0.717) is 26.4 Å². The molecular formula is C12H9BN2O3S. The van der Waals surface area contributed by atoms with Crippen molar-refractivity contribution >= 4 is 34.1 Å². The van der Waals surface area contributed by atoms with E-state index >= 15 is 0 Å². The second kappa shape index (κ2) is 4.62. The number of rotatable bonds is 2. The van der Waals surface area contributed by atoms with E-state index in [-0.39, 0.29) is 5.56 Å². The normalized spacial score (nSPS) is 10.8. The average Bonchev–Trinajstić information content (AvgIpc) is 2.88. The Hall–Kier alpha value is -1.96. The van der Waals surface area contributed by atoms with Crippen molar-refractivity contribution in [2.45, 2.75) is 0 Å². The molecule has 3 rings (SSSR count). The van der Waals surface area contributed by atoms with E-state index in [1.807, 2.05) is 6.07 Å². The van der Waals surface area contributed by atoms with Gasteiger partial charge in [-0.15, -0.1) is 11.3 Å². The van der Waals surface area contributed by atoms with Crippen LogP contribution in [0.2, 0.25) is 0 Å². The summed E-state index contributed by atoms with van der Waals surface area (Å²) < 4.78 is 0.408. The van der Waals surface area contributed by atoms with Crippen LogP contribution >= 0.6 is 11.3 Å². The minimum atomic E-state index is -1.51. The van der Waals surface area contributed by atoms with Gasteiger partial charge in [0, 0.05) is 4.78 Å². The summed E-state index contributed by atoms with van der Waals surface area (Å²) in [5.74, 6) is 0.431. The summed E-state index contributed by atoms with van der Waals surface area (Å²) >= 11 is 1.18. The summed E-state index contributed by atoms with van der Waals surface area (Å²) in [5, 5.41) is 18.7. The quantitative estimate of drug-likeness (QED) is 0.587. The van der Waals surface area contributed by atoms with Gasteiger partial charge >= 0.3 is 7.12 Å². The smallest absolute Gasteiger partial charge is 0.423 e. The maximum absolute atomic E-state index is 11.9. The van der Waals surface area contributed by atoms with E-state index in [4.69, 9.17) is 10.0 Å². The predicted molar refractivity (Wildman–Crippen MR) is 75.5 cm³/mol. The number of benzene rings is 1. The topological polar surface area (TPSA) is 86.2 Å². The minimum Gasteiger partial charge on any atom is -0.423 e. The van der Waals surface area contributed by atoms with Crippen LogP contribution < -0.4 is 10.3 Å². The third kappa shape index (κ3) is 2.19. The molecule has 0 unspecified atom stereocenters. The summed E-state index contributed by atoms with van der Waals surface area (Å²) in [6, 6.07) is 10.4. The Morgan fingerprint density at radius 2 is 1.95 bits per heavy atom. The Balaban J connectivity index is 2.17. The van der Waals surface area contributed by atoms with Gasteiger partial charge in [0.05, 0.1) is 15.8 Å². The maximum atomic E-state index is 11.9. The molecule has 0 bridgehead atoms. The van der Waals surface area contributed by atoms with E-state index in [2.05, 4.69) is 9.97 Å². The zero-order chi connectivity index (χ0) is 13.4. The number of nitrogens with zero attached hydrogens (tertiary/aromatic N) is 1. The second-order valence-corrected chi connectivity index (χ2v) is 5.12. The highest BCUT2D eigenvalue weighted by atomic mass is 32.1. The number of aromatic nitrogens is 2. The van der Waals surface area contributed by atoms with Crippen molar-refractivity contribution in [1.82, 2.24) is 9.97 Å². The lowest BCUT2D eigenvalue weighted by atomic mass is 9.90. The van der Waals surface area contributed by atoms with Crippen molar-refractivity contribution in [2.75, 3.05) is 0 Å². The highest BCUT2D eigenvalue weighted by molar-refractivity contribution is 7.24. The fourth-order valence-corrected chi connectivity index (χ4v) is 2.65. The molecule has 3 N–H and O–H groups in total. The molecule has 3 aromatic rings. The van der Waals surface area contributed by atoms with Gasteiger partial charge in [0.15, 0.2) is 5.82 Å². The van der Waals surface area contributed by atoms with Crippen molar-refractivity contribution in [3.05, 3.63) is 46.8 Å². The molecule has 1 aromatic carbocycles. The van der Waals surface area contributed by atoms with Crippen molar-refractivity contribution in [3.8, 4) is 10.7 Å². The van der Waals surface area contributed by atoms with Gasteiger partial charge in [0.25, 0.3) is 5.56 Å². The van der Waals surface area contributed by atoms with Crippen molar-refractivity contribution in [3.63, 3.8) is 0 Å². The van der Waals surface area contributed by atoms with E-state index in [1.165, 1.54) is 11.3 Å². The van der Waals surface area contributed by atoms with Crippen LogP contribution in [0.5, 0.6) is 0 Å².